The van der Waals surface area contributed by atoms with Crippen molar-refractivity contribution < 1.29 is 4.39 Å². The smallest absolute Gasteiger partial charge is 0.141 e. The molecule has 1 aromatic carbocycles. The molecule has 18 heavy (non-hydrogen) atoms. The van der Waals surface area contributed by atoms with Crippen molar-refractivity contribution in [1.29, 1.82) is 0 Å². The van der Waals surface area contributed by atoms with E-state index in [0.717, 1.165) is 11.3 Å². The number of hydrogen-bond donors (Lipinski definition) is 1. The van der Waals surface area contributed by atoms with Crippen LogP contribution >= 0.6 is 27.5 Å². The molecule has 1 heterocycles. The van der Waals surface area contributed by atoms with E-state index in [4.69, 9.17) is 17.3 Å². The van der Waals surface area contributed by atoms with Crippen LogP contribution in [0.2, 0.25) is 5.02 Å². The summed E-state index contributed by atoms with van der Waals surface area (Å²) in [6.45, 7) is 1.83. The number of nitrogens with two attached hydrogens (primary N) is 1. The van der Waals surface area contributed by atoms with Gasteiger partial charge in [0.2, 0.25) is 0 Å². The van der Waals surface area contributed by atoms with Gasteiger partial charge >= 0.3 is 0 Å². The monoisotopic (exact) mass is 329 g/mol. The minimum atomic E-state index is -0.365. The molecule has 94 valence electrons. The topological polar surface area (TPSA) is 51.8 Å². The zero-order chi connectivity index (χ0) is 13.3. The van der Waals surface area contributed by atoms with Crippen molar-refractivity contribution in [2.24, 2.45) is 0 Å². The molecule has 0 amide bonds. The number of benzene rings is 1. The maximum atomic E-state index is 12.9. The molecule has 0 saturated heterocycles. The Hall–Kier alpha value is -1.20. The fourth-order valence-electron chi connectivity index (χ4n) is 1.56. The second-order valence-corrected chi connectivity index (χ2v) is 5.04. The third-order valence-electron chi connectivity index (χ3n) is 2.45. The summed E-state index contributed by atoms with van der Waals surface area (Å²) in [6, 6.07) is 4.25. The van der Waals surface area contributed by atoms with Gasteiger partial charge in [0, 0.05) is 11.4 Å². The number of halogens is 3. The molecule has 0 radical (unpaired) electrons. The van der Waals surface area contributed by atoms with E-state index in [-0.39, 0.29) is 5.82 Å². The lowest BCUT2D eigenvalue weighted by Gasteiger charge is -2.07. The number of anilines is 1. The Bertz CT molecular complexity index is 581. The van der Waals surface area contributed by atoms with Gasteiger partial charge in [-0.15, -0.1) is 0 Å². The Morgan fingerprint density at radius 3 is 2.72 bits per heavy atom. The van der Waals surface area contributed by atoms with Gasteiger partial charge in [0.15, 0.2) is 0 Å². The highest BCUT2D eigenvalue weighted by atomic mass is 79.9. The Kier molecular flexibility index (Phi) is 3.82. The number of aryl methyl sites for hydroxylation is 1. The van der Waals surface area contributed by atoms with Crippen molar-refractivity contribution in [2.75, 3.05) is 5.73 Å². The second kappa shape index (κ2) is 5.20. The molecule has 2 rings (SSSR count). The molecule has 0 aliphatic rings. The largest absolute Gasteiger partial charge is 0.383 e. The Morgan fingerprint density at radius 1 is 1.39 bits per heavy atom. The summed E-state index contributed by atoms with van der Waals surface area (Å²) in [6.07, 6.45) is 0.414. The highest BCUT2D eigenvalue weighted by Crippen LogP contribution is 2.23. The summed E-state index contributed by atoms with van der Waals surface area (Å²) in [5, 5.41) is 0.359. The summed E-state index contributed by atoms with van der Waals surface area (Å²) in [7, 11) is 0. The van der Waals surface area contributed by atoms with Crippen molar-refractivity contribution in [3.8, 4) is 0 Å². The summed E-state index contributed by atoms with van der Waals surface area (Å²) in [5.74, 6) is 0.577. The maximum Gasteiger partial charge on any atom is 0.141 e. The van der Waals surface area contributed by atoms with Gasteiger partial charge in [-0.2, -0.15) is 0 Å². The van der Waals surface area contributed by atoms with Crippen molar-refractivity contribution in [3.05, 3.63) is 50.6 Å². The van der Waals surface area contributed by atoms with Crippen LogP contribution in [0.1, 0.15) is 17.1 Å². The van der Waals surface area contributed by atoms with Crippen LogP contribution in [0.5, 0.6) is 0 Å². The van der Waals surface area contributed by atoms with Crippen molar-refractivity contribution in [2.45, 2.75) is 13.3 Å². The van der Waals surface area contributed by atoms with E-state index >= 15 is 0 Å². The zero-order valence-corrected chi connectivity index (χ0v) is 11.9. The molecule has 2 N–H and O–H groups in total. The second-order valence-electron chi connectivity index (χ2n) is 3.84. The van der Waals surface area contributed by atoms with E-state index in [0.29, 0.717) is 27.6 Å². The fourth-order valence-corrected chi connectivity index (χ4v) is 1.97. The maximum absolute atomic E-state index is 12.9. The minimum absolute atomic E-state index is 0.359. The van der Waals surface area contributed by atoms with Crippen LogP contribution in [0.4, 0.5) is 10.2 Å². The van der Waals surface area contributed by atoms with E-state index < -0.39 is 0 Å². The molecule has 0 atom stereocenters. The molecule has 0 bridgehead atoms. The highest BCUT2D eigenvalue weighted by molar-refractivity contribution is 9.10. The van der Waals surface area contributed by atoms with E-state index in [9.17, 15) is 4.39 Å². The molecule has 0 saturated carbocycles. The van der Waals surface area contributed by atoms with Crippen LogP contribution < -0.4 is 5.73 Å². The van der Waals surface area contributed by atoms with Gasteiger partial charge in [-0.25, -0.2) is 14.4 Å². The number of nitrogen functional groups attached to an aromatic ring is 1. The lowest BCUT2D eigenvalue weighted by atomic mass is 10.1. The first kappa shape index (κ1) is 13.2. The Morgan fingerprint density at radius 2 is 2.11 bits per heavy atom. The normalized spacial score (nSPS) is 10.7. The predicted octanol–water partition coefficient (Wildman–Crippen LogP) is 3.51. The summed E-state index contributed by atoms with van der Waals surface area (Å²) < 4.78 is 13.6. The Labute approximate surface area is 117 Å². The molecule has 0 unspecified atom stereocenters. The third kappa shape index (κ3) is 2.79. The predicted molar refractivity (Wildman–Crippen MR) is 73.1 cm³/mol. The molecular formula is C12H10BrClFN3. The first-order valence-electron chi connectivity index (χ1n) is 5.20. The lowest BCUT2D eigenvalue weighted by molar-refractivity contribution is 0.627. The van der Waals surface area contributed by atoms with Crippen LogP contribution in [0.15, 0.2) is 22.7 Å². The molecule has 3 nitrogen and oxygen atoms in total. The number of nitrogens with zero attached hydrogens (tertiary/aromatic N) is 2. The van der Waals surface area contributed by atoms with Crippen LogP contribution in [-0.2, 0) is 6.42 Å². The van der Waals surface area contributed by atoms with Gasteiger partial charge in [0.1, 0.15) is 17.5 Å². The molecule has 0 spiro atoms. The third-order valence-corrected chi connectivity index (χ3v) is 3.78. The molecule has 0 aliphatic carbocycles. The summed E-state index contributed by atoms with van der Waals surface area (Å²) in [4.78, 5) is 8.46. The SMILES string of the molecule is Cc1nc(Cc2ccc(F)cc2Cl)nc(N)c1Br. The molecular weight excluding hydrogens is 321 g/mol. The lowest BCUT2D eigenvalue weighted by Crippen LogP contribution is -2.04. The quantitative estimate of drug-likeness (QED) is 0.916. The highest BCUT2D eigenvalue weighted by Gasteiger charge is 2.09. The molecule has 6 heteroatoms. The zero-order valence-electron chi connectivity index (χ0n) is 9.54. The van der Waals surface area contributed by atoms with Gasteiger partial charge in [-0.3, -0.25) is 0 Å². The summed E-state index contributed by atoms with van der Waals surface area (Å²) >= 11 is 9.25. The van der Waals surface area contributed by atoms with Gasteiger partial charge in [-0.05, 0) is 40.5 Å². The molecule has 0 fully saturated rings. The van der Waals surface area contributed by atoms with E-state index in [2.05, 4.69) is 25.9 Å². The Balaban J connectivity index is 2.34. The summed E-state index contributed by atoms with van der Waals surface area (Å²) in [5.41, 5.74) is 7.27. The van der Waals surface area contributed by atoms with Crippen LogP contribution in [0.3, 0.4) is 0 Å². The number of rotatable bonds is 2. The van der Waals surface area contributed by atoms with Crippen molar-refractivity contribution >= 4 is 33.3 Å². The average Bonchev–Trinajstić information content (AvgIpc) is 2.29. The number of aromatic nitrogens is 2. The van der Waals surface area contributed by atoms with Crippen LogP contribution in [0.25, 0.3) is 0 Å². The van der Waals surface area contributed by atoms with Gasteiger partial charge in [0.25, 0.3) is 0 Å². The van der Waals surface area contributed by atoms with E-state index in [1.54, 1.807) is 6.07 Å². The van der Waals surface area contributed by atoms with Gasteiger partial charge < -0.3 is 5.73 Å². The first-order valence-corrected chi connectivity index (χ1v) is 6.37. The average molecular weight is 331 g/mol. The minimum Gasteiger partial charge on any atom is -0.383 e. The molecule has 1 aromatic heterocycles. The van der Waals surface area contributed by atoms with Crippen LogP contribution in [0, 0.1) is 12.7 Å². The van der Waals surface area contributed by atoms with Crippen molar-refractivity contribution in [3.63, 3.8) is 0 Å². The number of hydrogen-bond acceptors (Lipinski definition) is 3. The van der Waals surface area contributed by atoms with Crippen molar-refractivity contribution in [1.82, 2.24) is 9.97 Å². The standard InChI is InChI=1S/C12H10BrClFN3/c1-6-11(13)12(16)18-10(17-6)4-7-2-3-8(15)5-9(7)14/h2-3,5H,4H2,1H3,(H2,16,17,18). The van der Waals surface area contributed by atoms with E-state index in [1.165, 1.54) is 12.1 Å². The van der Waals surface area contributed by atoms with Gasteiger partial charge in [0.05, 0.1) is 10.2 Å². The van der Waals surface area contributed by atoms with Gasteiger partial charge in [-0.1, -0.05) is 17.7 Å². The molecule has 2 aromatic rings. The van der Waals surface area contributed by atoms with Crippen LogP contribution in [-0.4, -0.2) is 9.97 Å². The first-order chi connectivity index (χ1) is 8.47. The molecule has 0 aliphatic heterocycles. The van der Waals surface area contributed by atoms with E-state index in [1.807, 2.05) is 6.92 Å². The fraction of sp³-hybridized carbons (Fsp3) is 0.167.